The second-order valence-corrected chi connectivity index (χ2v) is 7.58. The SMILES string of the molecule is [CH2]c1cc(C(O)CNCCCCCCOCCCCc2ccccc2)ccc1O. The summed E-state index contributed by atoms with van der Waals surface area (Å²) in [7, 11) is 0. The standard InChI is InChI=1S/C25H36NO3/c1-21-19-23(14-15-24(21)27)25(28)20-26-16-8-2-3-9-17-29-18-10-7-13-22-11-5-4-6-12-22/h4-6,11-12,14-15,19,25-28H,1-3,7-10,13,16-18,20H2. The highest BCUT2D eigenvalue weighted by Crippen LogP contribution is 2.21. The van der Waals surface area contributed by atoms with Gasteiger partial charge in [-0.05, 0) is 74.4 Å². The van der Waals surface area contributed by atoms with Gasteiger partial charge in [0.1, 0.15) is 5.75 Å². The van der Waals surface area contributed by atoms with Crippen LogP contribution in [0.2, 0.25) is 0 Å². The van der Waals surface area contributed by atoms with Crippen LogP contribution in [-0.2, 0) is 11.2 Å². The molecule has 0 aliphatic heterocycles. The number of aromatic hydroxyl groups is 1. The minimum absolute atomic E-state index is 0.157. The molecule has 1 atom stereocenters. The summed E-state index contributed by atoms with van der Waals surface area (Å²) < 4.78 is 5.73. The molecule has 0 amide bonds. The van der Waals surface area contributed by atoms with E-state index in [1.165, 1.54) is 24.8 Å². The molecule has 3 N–H and O–H groups in total. The van der Waals surface area contributed by atoms with Crippen molar-refractivity contribution in [2.75, 3.05) is 26.3 Å². The first-order valence-electron chi connectivity index (χ1n) is 10.8. The van der Waals surface area contributed by atoms with E-state index in [0.29, 0.717) is 12.1 Å². The maximum absolute atomic E-state index is 10.2. The van der Waals surface area contributed by atoms with Gasteiger partial charge in [0.05, 0.1) is 6.10 Å². The highest BCUT2D eigenvalue weighted by molar-refractivity contribution is 5.38. The molecule has 1 radical (unpaired) electrons. The van der Waals surface area contributed by atoms with E-state index in [1.807, 2.05) is 0 Å². The number of ether oxygens (including phenoxy) is 1. The molecule has 0 saturated carbocycles. The number of benzene rings is 2. The van der Waals surface area contributed by atoms with E-state index in [-0.39, 0.29) is 5.75 Å². The Bertz CT molecular complexity index is 675. The van der Waals surface area contributed by atoms with Crippen LogP contribution in [0.4, 0.5) is 0 Å². The molecule has 0 spiro atoms. The number of phenolic OH excluding ortho intramolecular Hbond substituents is 1. The molecule has 2 aromatic rings. The van der Waals surface area contributed by atoms with Crippen molar-refractivity contribution in [1.82, 2.24) is 5.32 Å². The molecule has 2 rings (SSSR count). The number of unbranched alkanes of at least 4 members (excludes halogenated alkanes) is 4. The predicted octanol–water partition coefficient (Wildman–Crippen LogP) is 4.80. The fourth-order valence-corrected chi connectivity index (χ4v) is 3.26. The Balaban J connectivity index is 1.36. The first kappa shape index (κ1) is 23.4. The molecule has 0 saturated heterocycles. The van der Waals surface area contributed by atoms with Crippen LogP contribution in [-0.4, -0.2) is 36.5 Å². The zero-order chi connectivity index (χ0) is 20.7. The van der Waals surface area contributed by atoms with Gasteiger partial charge in [-0.25, -0.2) is 0 Å². The van der Waals surface area contributed by atoms with Crippen LogP contribution >= 0.6 is 0 Å². The highest BCUT2D eigenvalue weighted by Gasteiger charge is 2.08. The van der Waals surface area contributed by atoms with Crippen molar-refractivity contribution >= 4 is 0 Å². The summed E-state index contributed by atoms with van der Waals surface area (Å²) in [5.41, 5.74) is 2.73. The van der Waals surface area contributed by atoms with Crippen molar-refractivity contribution in [2.24, 2.45) is 0 Å². The number of rotatable bonds is 15. The van der Waals surface area contributed by atoms with Crippen LogP contribution in [0, 0.1) is 6.92 Å². The van der Waals surface area contributed by atoms with E-state index in [9.17, 15) is 10.2 Å². The van der Waals surface area contributed by atoms with E-state index in [4.69, 9.17) is 4.74 Å². The van der Waals surface area contributed by atoms with E-state index in [0.717, 1.165) is 51.0 Å². The molecule has 4 nitrogen and oxygen atoms in total. The molecule has 2 aromatic carbocycles. The normalized spacial score (nSPS) is 12.2. The van der Waals surface area contributed by atoms with Crippen LogP contribution in [0.5, 0.6) is 5.75 Å². The van der Waals surface area contributed by atoms with Gasteiger partial charge in [-0.15, -0.1) is 0 Å². The molecule has 0 heterocycles. The quantitative estimate of drug-likeness (QED) is 0.377. The highest BCUT2D eigenvalue weighted by atomic mass is 16.5. The average molecular weight is 399 g/mol. The molecule has 0 aliphatic carbocycles. The number of nitrogens with one attached hydrogen (secondary N) is 1. The van der Waals surface area contributed by atoms with Crippen LogP contribution < -0.4 is 5.32 Å². The van der Waals surface area contributed by atoms with Crippen molar-refractivity contribution in [3.8, 4) is 5.75 Å². The number of aliphatic hydroxyl groups excluding tert-OH is 1. The van der Waals surface area contributed by atoms with Gasteiger partial charge in [-0.2, -0.15) is 0 Å². The van der Waals surface area contributed by atoms with Gasteiger partial charge >= 0.3 is 0 Å². The number of hydrogen-bond donors (Lipinski definition) is 3. The van der Waals surface area contributed by atoms with Gasteiger partial charge in [-0.1, -0.05) is 49.2 Å². The van der Waals surface area contributed by atoms with Crippen LogP contribution in [0.1, 0.15) is 61.3 Å². The summed E-state index contributed by atoms with van der Waals surface area (Å²) in [6.07, 6.45) is 7.42. The van der Waals surface area contributed by atoms with Crippen molar-refractivity contribution in [2.45, 2.75) is 51.0 Å². The van der Waals surface area contributed by atoms with Crippen LogP contribution in [0.25, 0.3) is 0 Å². The van der Waals surface area contributed by atoms with Gasteiger partial charge in [0.2, 0.25) is 0 Å². The van der Waals surface area contributed by atoms with Gasteiger partial charge in [-0.3, -0.25) is 0 Å². The number of phenols is 1. The number of hydrogen-bond acceptors (Lipinski definition) is 4. The van der Waals surface area contributed by atoms with Gasteiger partial charge < -0.3 is 20.3 Å². The Labute approximate surface area is 175 Å². The lowest BCUT2D eigenvalue weighted by atomic mass is 10.1. The Kier molecular flexibility index (Phi) is 11.4. The lowest BCUT2D eigenvalue weighted by Crippen LogP contribution is -2.22. The zero-order valence-corrected chi connectivity index (χ0v) is 17.5. The molecule has 159 valence electrons. The maximum Gasteiger partial charge on any atom is 0.118 e. The summed E-state index contributed by atoms with van der Waals surface area (Å²) in [6, 6.07) is 15.6. The fourth-order valence-electron chi connectivity index (χ4n) is 3.26. The molecule has 0 fully saturated rings. The second kappa shape index (κ2) is 14.2. The fraction of sp³-hybridized carbons (Fsp3) is 0.480. The van der Waals surface area contributed by atoms with E-state index >= 15 is 0 Å². The number of aryl methyl sites for hydroxylation is 1. The minimum atomic E-state index is -0.577. The van der Waals surface area contributed by atoms with Gasteiger partial charge in [0.15, 0.2) is 0 Å². The largest absolute Gasteiger partial charge is 0.508 e. The molecular weight excluding hydrogens is 362 g/mol. The molecule has 0 bridgehead atoms. The van der Waals surface area contributed by atoms with Gasteiger partial charge in [0, 0.05) is 19.8 Å². The summed E-state index contributed by atoms with van der Waals surface area (Å²) in [5.74, 6) is 0.157. The van der Waals surface area contributed by atoms with Gasteiger partial charge in [0.25, 0.3) is 0 Å². The van der Waals surface area contributed by atoms with E-state index < -0.39 is 6.10 Å². The van der Waals surface area contributed by atoms with Crippen molar-refractivity contribution < 1.29 is 14.9 Å². The molecule has 4 heteroatoms. The first-order chi connectivity index (χ1) is 14.2. The predicted molar refractivity (Wildman–Crippen MR) is 119 cm³/mol. The molecular formula is C25H36NO3. The summed E-state index contributed by atoms with van der Waals surface area (Å²) in [6.45, 7) is 6.87. The molecule has 0 aromatic heterocycles. The van der Waals surface area contributed by atoms with E-state index in [2.05, 4.69) is 42.6 Å². The average Bonchev–Trinajstić information content (AvgIpc) is 2.74. The molecule has 1 unspecified atom stereocenters. The van der Waals surface area contributed by atoms with Crippen molar-refractivity contribution in [3.05, 3.63) is 72.1 Å². The lowest BCUT2D eigenvalue weighted by Gasteiger charge is -2.13. The lowest BCUT2D eigenvalue weighted by molar-refractivity contribution is 0.126. The first-order valence-corrected chi connectivity index (χ1v) is 10.8. The third-order valence-corrected chi connectivity index (χ3v) is 5.07. The Morgan fingerprint density at radius 1 is 0.897 bits per heavy atom. The minimum Gasteiger partial charge on any atom is -0.508 e. The van der Waals surface area contributed by atoms with E-state index in [1.54, 1.807) is 18.2 Å². The monoisotopic (exact) mass is 398 g/mol. The number of aliphatic hydroxyl groups is 1. The second-order valence-electron chi connectivity index (χ2n) is 7.58. The summed E-state index contributed by atoms with van der Waals surface area (Å²) >= 11 is 0. The van der Waals surface area contributed by atoms with Crippen molar-refractivity contribution in [1.29, 1.82) is 0 Å². The van der Waals surface area contributed by atoms with Crippen LogP contribution in [0.15, 0.2) is 48.5 Å². The zero-order valence-electron chi connectivity index (χ0n) is 17.5. The smallest absolute Gasteiger partial charge is 0.118 e. The third kappa shape index (κ3) is 9.93. The maximum atomic E-state index is 10.2. The summed E-state index contributed by atoms with van der Waals surface area (Å²) in [5, 5.41) is 23.0. The Morgan fingerprint density at radius 3 is 2.38 bits per heavy atom. The third-order valence-electron chi connectivity index (χ3n) is 5.07. The topological polar surface area (TPSA) is 61.7 Å². The molecule has 29 heavy (non-hydrogen) atoms. The Morgan fingerprint density at radius 2 is 1.62 bits per heavy atom. The van der Waals surface area contributed by atoms with Crippen molar-refractivity contribution in [3.63, 3.8) is 0 Å². The van der Waals surface area contributed by atoms with Crippen LogP contribution in [0.3, 0.4) is 0 Å². The summed E-state index contributed by atoms with van der Waals surface area (Å²) in [4.78, 5) is 0. The Hall–Kier alpha value is -1.88. The molecule has 0 aliphatic rings.